The number of aliphatic carboxylic acids is 1. The van der Waals surface area contributed by atoms with E-state index in [0.29, 0.717) is 11.7 Å². The quantitative estimate of drug-likeness (QED) is 0.719. The van der Waals surface area contributed by atoms with Crippen LogP contribution in [0.25, 0.3) is 0 Å². The lowest BCUT2D eigenvalue weighted by Gasteiger charge is -2.23. The van der Waals surface area contributed by atoms with E-state index in [4.69, 9.17) is 5.11 Å². The zero-order chi connectivity index (χ0) is 12.1. The van der Waals surface area contributed by atoms with Gasteiger partial charge in [0.25, 0.3) is 0 Å². The molecule has 17 heavy (non-hydrogen) atoms. The Labute approximate surface area is 104 Å². The standard InChI is InChI=1S/C11H17N3O2S/c15-11(16)5-9-10(17-7-14-9)6-13-8-1-3-12-4-2-8/h7-8,12-13H,1-6H2,(H,15,16). The molecule has 0 unspecified atom stereocenters. The minimum atomic E-state index is -0.820. The molecular formula is C11H17N3O2S. The van der Waals surface area contributed by atoms with Gasteiger partial charge in [-0.25, -0.2) is 4.98 Å². The normalized spacial score (nSPS) is 17.2. The summed E-state index contributed by atoms with van der Waals surface area (Å²) in [5.74, 6) is -0.820. The van der Waals surface area contributed by atoms with E-state index >= 15 is 0 Å². The van der Waals surface area contributed by atoms with Crippen molar-refractivity contribution >= 4 is 17.3 Å². The molecule has 0 radical (unpaired) electrons. The minimum absolute atomic E-state index is 0.0206. The van der Waals surface area contributed by atoms with Gasteiger partial charge in [0.05, 0.1) is 17.6 Å². The van der Waals surface area contributed by atoms with Crippen molar-refractivity contribution in [1.29, 1.82) is 0 Å². The summed E-state index contributed by atoms with van der Waals surface area (Å²) < 4.78 is 0. The third-order valence-electron chi connectivity index (χ3n) is 2.93. The Balaban J connectivity index is 1.85. The van der Waals surface area contributed by atoms with Crippen molar-refractivity contribution in [3.63, 3.8) is 0 Å². The molecule has 0 aromatic carbocycles. The summed E-state index contributed by atoms with van der Waals surface area (Å²) in [6.45, 7) is 2.85. The van der Waals surface area contributed by atoms with Gasteiger partial charge in [-0.1, -0.05) is 0 Å². The van der Waals surface area contributed by atoms with Crippen molar-refractivity contribution in [3.8, 4) is 0 Å². The number of carboxylic acid groups (broad SMARTS) is 1. The number of carbonyl (C=O) groups is 1. The highest BCUT2D eigenvalue weighted by Gasteiger charge is 2.14. The van der Waals surface area contributed by atoms with Crippen LogP contribution in [-0.2, 0) is 17.8 Å². The molecule has 6 heteroatoms. The lowest BCUT2D eigenvalue weighted by atomic mass is 10.1. The molecule has 0 aliphatic carbocycles. The molecule has 94 valence electrons. The van der Waals surface area contributed by atoms with Crippen LogP contribution in [0, 0.1) is 0 Å². The molecular weight excluding hydrogens is 238 g/mol. The summed E-state index contributed by atoms with van der Waals surface area (Å²) in [7, 11) is 0. The van der Waals surface area contributed by atoms with E-state index in [-0.39, 0.29) is 6.42 Å². The highest BCUT2D eigenvalue weighted by atomic mass is 32.1. The molecule has 3 N–H and O–H groups in total. The second-order valence-corrected chi connectivity index (χ2v) is 5.14. The van der Waals surface area contributed by atoms with Gasteiger partial charge in [-0.05, 0) is 25.9 Å². The molecule has 0 saturated carbocycles. The fourth-order valence-corrected chi connectivity index (χ4v) is 2.72. The van der Waals surface area contributed by atoms with Gasteiger partial charge in [0, 0.05) is 17.5 Å². The van der Waals surface area contributed by atoms with E-state index in [9.17, 15) is 4.79 Å². The van der Waals surface area contributed by atoms with Gasteiger partial charge in [-0.2, -0.15) is 0 Å². The molecule has 0 spiro atoms. The van der Waals surface area contributed by atoms with Gasteiger partial charge in [0.15, 0.2) is 0 Å². The molecule has 0 amide bonds. The number of carboxylic acids is 1. The third kappa shape index (κ3) is 3.76. The third-order valence-corrected chi connectivity index (χ3v) is 3.81. The zero-order valence-electron chi connectivity index (χ0n) is 9.61. The van der Waals surface area contributed by atoms with E-state index in [2.05, 4.69) is 15.6 Å². The maximum atomic E-state index is 10.7. The molecule has 1 aromatic heterocycles. The Morgan fingerprint density at radius 1 is 1.59 bits per heavy atom. The number of hydrogen-bond acceptors (Lipinski definition) is 5. The van der Waals surface area contributed by atoms with Gasteiger partial charge in [-0.3, -0.25) is 4.79 Å². The van der Waals surface area contributed by atoms with Crippen LogP contribution in [0.2, 0.25) is 0 Å². The molecule has 0 bridgehead atoms. The fourth-order valence-electron chi connectivity index (χ4n) is 1.99. The number of piperidine rings is 1. The van der Waals surface area contributed by atoms with Crippen molar-refractivity contribution in [2.45, 2.75) is 31.8 Å². The number of rotatable bonds is 5. The average Bonchev–Trinajstić information content (AvgIpc) is 2.74. The predicted octanol–water partition coefficient (Wildman–Crippen LogP) is 0.612. The average molecular weight is 255 g/mol. The zero-order valence-corrected chi connectivity index (χ0v) is 10.4. The molecule has 1 fully saturated rings. The van der Waals surface area contributed by atoms with E-state index in [1.807, 2.05) is 0 Å². The van der Waals surface area contributed by atoms with Crippen molar-refractivity contribution in [3.05, 3.63) is 16.1 Å². The van der Waals surface area contributed by atoms with Gasteiger partial charge in [0.2, 0.25) is 0 Å². The molecule has 1 aromatic rings. The molecule has 5 nitrogen and oxygen atoms in total. The van der Waals surface area contributed by atoms with Crippen molar-refractivity contribution in [1.82, 2.24) is 15.6 Å². The van der Waals surface area contributed by atoms with Gasteiger partial charge in [-0.15, -0.1) is 11.3 Å². The first-order valence-corrected chi connectivity index (χ1v) is 6.71. The summed E-state index contributed by atoms with van der Waals surface area (Å²) >= 11 is 1.53. The fraction of sp³-hybridized carbons (Fsp3) is 0.636. The second kappa shape index (κ2) is 6.09. The first-order valence-electron chi connectivity index (χ1n) is 5.83. The van der Waals surface area contributed by atoms with E-state index in [1.165, 1.54) is 11.3 Å². The lowest BCUT2D eigenvalue weighted by molar-refractivity contribution is -0.136. The molecule has 1 saturated heterocycles. The van der Waals surface area contributed by atoms with Crippen LogP contribution in [0.5, 0.6) is 0 Å². The highest BCUT2D eigenvalue weighted by Crippen LogP contribution is 2.15. The van der Waals surface area contributed by atoms with E-state index in [1.54, 1.807) is 5.51 Å². The van der Waals surface area contributed by atoms with E-state index in [0.717, 1.165) is 37.4 Å². The summed E-state index contributed by atoms with van der Waals surface area (Å²) in [5, 5.41) is 15.6. The number of thiazole rings is 1. The molecule has 0 atom stereocenters. The Kier molecular flexibility index (Phi) is 4.47. The van der Waals surface area contributed by atoms with Crippen LogP contribution in [0.15, 0.2) is 5.51 Å². The van der Waals surface area contributed by atoms with Crippen LogP contribution < -0.4 is 10.6 Å². The maximum absolute atomic E-state index is 10.7. The van der Waals surface area contributed by atoms with Gasteiger partial charge < -0.3 is 15.7 Å². The number of nitrogens with one attached hydrogen (secondary N) is 2. The number of hydrogen-bond donors (Lipinski definition) is 3. The summed E-state index contributed by atoms with van der Waals surface area (Å²) in [6, 6.07) is 0.538. The van der Waals surface area contributed by atoms with Gasteiger partial charge >= 0.3 is 5.97 Å². The summed E-state index contributed by atoms with van der Waals surface area (Å²) in [4.78, 5) is 15.8. The van der Waals surface area contributed by atoms with Crippen LogP contribution >= 0.6 is 11.3 Å². The first-order chi connectivity index (χ1) is 8.25. The molecule has 2 rings (SSSR count). The van der Waals surface area contributed by atoms with E-state index < -0.39 is 5.97 Å². The lowest BCUT2D eigenvalue weighted by Crippen LogP contribution is -2.39. The largest absolute Gasteiger partial charge is 0.481 e. The Hall–Kier alpha value is -0.980. The van der Waals surface area contributed by atoms with Crippen LogP contribution in [0.3, 0.4) is 0 Å². The molecule has 2 heterocycles. The Morgan fingerprint density at radius 3 is 3.06 bits per heavy atom. The number of aromatic nitrogens is 1. The van der Waals surface area contributed by atoms with Crippen molar-refractivity contribution in [2.75, 3.05) is 13.1 Å². The number of nitrogens with zero attached hydrogens (tertiary/aromatic N) is 1. The Bertz CT molecular complexity index is 375. The second-order valence-electron chi connectivity index (χ2n) is 4.20. The molecule has 1 aliphatic rings. The first kappa shape index (κ1) is 12.5. The van der Waals surface area contributed by atoms with Gasteiger partial charge in [0.1, 0.15) is 0 Å². The predicted molar refractivity (Wildman–Crippen MR) is 66.2 cm³/mol. The van der Waals surface area contributed by atoms with Crippen molar-refractivity contribution < 1.29 is 9.90 Å². The van der Waals surface area contributed by atoms with Crippen molar-refractivity contribution in [2.24, 2.45) is 0 Å². The molecule has 1 aliphatic heterocycles. The topological polar surface area (TPSA) is 74.2 Å². The Morgan fingerprint density at radius 2 is 2.35 bits per heavy atom. The maximum Gasteiger partial charge on any atom is 0.309 e. The van der Waals surface area contributed by atoms with Crippen LogP contribution in [0.1, 0.15) is 23.4 Å². The van der Waals surface area contributed by atoms with Crippen LogP contribution in [0.4, 0.5) is 0 Å². The van der Waals surface area contributed by atoms with Crippen LogP contribution in [-0.4, -0.2) is 35.2 Å². The minimum Gasteiger partial charge on any atom is -0.481 e. The summed E-state index contributed by atoms with van der Waals surface area (Å²) in [6.07, 6.45) is 2.28. The SMILES string of the molecule is O=C(O)Cc1ncsc1CNC1CCNCC1. The smallest absolute Gasteiger partial charge is 0.309 e. The highest BCUT2D eigenvalue weighted by molar-refractivity contribution is 7.09. The monoisotopic (exact) mass is 255 g/mol. The summed E-state index contributed by atoms with van der Waals surface area (Å²) in [5.41, 5.74) is 2.42.